The van der Waals surface area contributed by atoms with E-state index in [0.29, 0.717) is 12.0 Å². The van der Waals surface area contributed by atoms with Gasteiger partial charge in [-0.25, -0.2) is 0 Å². The van der Waals surface area contributed by atoms with Crippen molar-refractivity contribution in [1.29, 1.82) is 0 Å². The third kappa shape index (κ3) is 6.12. The van der Waals surface area contributed by atoms with Gasteiger partial charge in [0.1, 0.15) is 0 Å². The van der Waals surface area contributed by atoms with Gasteiger partial charge in [0.2, 0.25) is 0 Å². The third-order valence-corrected chi connectivity index (χ3v) is 6.36. The number of aliphatic imine (C=N–C) groups is 1. The van der Waals surface area contributed by atoms with Crippen LogP contribution in [0.2, 0.25) is 0 Å². The van der Waals surface area contributed by atoms with Crippen molar-refractivity contribution in [3.05, 3.63) is 0 Å². The fourth-order valence-corrected chi connectivity index (χ4v) is 5.01. The second-order valence-corrected chi connectivity index (χ2v) is 8.80. The highest BCUT2D eigenvalue weighted by atomic mass is 32.2. The molecule has 2 heterocycles. The molecule has 0 aliphatic carbocycles. The average Bonchev–Trinajstić information content (AvgIpc) is 3.03. The van der Waals surface area contributed by atoms with E-state index in [1.54, 1.807) is 0 Å². The van der Waals surface area contributed by atoms with E-state index < -0.39 is 0 Å². The molecular formula is C18H36N4OS. The van der Waals surface area contributed by atoms with Crippen LogP contribution in [0.15, 0.2) is 4.99 Å². The molecule has 0 aromatic rings. The summed E-state index contributed by atoms with van der Waals surface area (Å²) in [5.74, 6) is 3.77. The number of thioether (sulfide) groups is 1. The first-order valence-corrected chi connectivity index (χ1v) is 10.6. The van der Waals surface area contributed by atoms with Crippen molar-refractivity contribution < 1.29 is 4.74 Å². The zero-order chi connectivity index (χ0) is 17.4. The van der Waals surface area contributed by atoms with Crippen molar-refractivity contribution in [2.45, 2.75) is 58.0 Å². The Balaban J connectivity index is 1.82. The lowest BCUT2D eigenvalue weighted by Crippen LogP contribution is -2.56. The van der Waals surface area contributed by atoms with Gasteiger partial charge in [-0.1, -0.05) is 26.7 Å². The summed E-state index contributed by atoms with van der Waals surface area (Å²) >= 11 is 2.04. The molecule has 0 bridgehead atoms. The summed E-state index contributed by atoms with van der Waals surface area (Å²) in [6.07, 6.45) is 4.88. The quantitative estimate of drug-likeness (QED) is 0.516. The van der Waals surface area contributed by atoms with Crippen LogP contribution in [-0.4, -0.2) is 66.8 Å². The van der Waals surface area contributed by atoms with Crippen molar-refractivity contribution in [1.82, 2.24) is 10.2 Å². The Morgan fingerprint density at radius 2 is 2.04 bits per heavy atom. The van der Waals surface area contributed by atoms with Crippen LogP contribution in [0.4, 0.5) is 0 Å². The Labute approximate surface area is 152 Å². The van der Waals surface area contributed by atoms with Gasteiger partial charge in [0.05, 0.1) is 25.3 Å². The first-order chi connectivity index (χ1) is 11.5. The molecule has 3 N–H and O–H groups in total. The summed E-state index contributed by atoms with van der Waals surface area (Å²) in [6, 6.07) is 0.393. The van der Waals surface area contributed by atoms with Crippen molar-refractivity contribution in [3.63, 3.8) is 0 Å². The van der Waals surface area contributed by atoms with Crippen LogP contribution in [-0.2, 0) is 4.74 Å². The van der Waals surface area contributed by atoms with Gasteiger partial charge in [-0.2, -0.15) is 11.8 Å². The molecule has 5 nitrogen and oxygen atoms in total. The van der Waals surface area contributed by atoms with Crippen molar-refractivity contribution in [2.24, 2.45) is 16.6 Å². The average molecular weight is 357 g/mol. The smallest absolute Gasteiger partial charge is 0.188 e. The SMILES string of the molecule is CC(C)CCCC(C)NC(N)=NCC1(N2CCOCC2)CCSC1. The maximum absolute atomic E-state index is 6.16. The first kappa shape index (κ1) is 19.9. The molecule has 2 unspecified atom stereocenters. The Morgan fingerprint density at radius 3 is 2.67 bits per heavy atom. The van der Waals surface area contributed by atoms with E-state index in [0.717, 1.165) is 50.9 Å². The molecule has 6 heteroatoms. The highest BCUT2D eigenvalue weighted by molar-refractivity contribution is 7.99. The molecule has 2 aliphatic heterocycles. The molecule has 0 amide bonds. The summed E-state index contributed by atoms with van der Waals surface area (Å²) in [4.78, 5) is 7.31. The molecule has 0 aromatic carbocycles. The first-order valence-electron chi connectivity index (χ1n) is 9.49. The number of rotatable bonds is 8. The fraction of sp³-hybridized carbons (Fsp3) is 0.944. The van der Waals surface area contributed by atoms with E-state index in [4.69, 9.17) is 15.5 Å². The molecule has 0 spiro atoms. The zero-order valence-corrected chi connectivity index (χ0v) is 16.5. The lowest BCUT2D eigenvalue weighted by atomic mass is 9.96. The highest BCUT2D eigenvalue weighted by Crippen LogP contribution is 2.34. The van der Waals surface area contributed by atoms with Gasteiger partial charge < -0.3 is 15.8 Å². The normalized spacial score (nSPS) is 27.6. The molecule has 2 atom stereocenters. The van der Waals surface area contributed by atoms with Crippen LogP contribution >= 0.6 is 11.8 Å². The van der Waals surface area contributed by atoms with Crippen molar-refractivity contribution in [3.8, 4) is 0 Å². The number of hydrogen-bond donors (Lipinski definition) is 2. The van der Waals surface area contributed by atoms with Crippen LogP contribution in [0, 0.1) is 5.92 Å². The molecule has 2 aliphatic rings. The number of nitrogens with two attached hydrogens (primary N) is 1. The summed E-state index contributed by atoms with van der Waals surface area (Å²) < 4.78 is 5.52. The Bertz CT molecular complexity index is 390. The monoisotopic (exact) mass is 356 g/mol. The molecular weight excluding hydrogens is 320 g/mol. The molecule has 140 valence electrons. The van der Waals surface area contributed by atoms with E-state index in [1.807, 2.05) is 11.8 Å². The number of nitrogens with one attached hydrogen (secondary N) is 1. The summed E-state index contributed by atoms with van der Waals surface area (Å²) in [6.45, 7) is 11.3. The van der Waals surface area contributed by atoms with E-state index in [1.165, 1.54) is 25.0 Å². The third-order valence-electron chi connectivity index (χ3n) is 5.12. The number of guanidine groups is 1. The van der Waals surface area contributed by atoms with Gasteiger partial charge in [-0.3, -0.25) is 9.89 Å². The van der Waals surface area contributed by atoms with Crippen LogP contribution < -0.4 is 11.1 Å². The lowest BCUT2D eigenvalue weighted by Gasteiger charge is -2.42. The largest absolute Gasteiger partial charge is 0.379 e. The standard InChI is InChI=1S/C18H36N4OS/c1-15(2)5-4-6-16(3)21-17(19)20-13-18(7-12-24-14-18)22-8-10-23-11-9-22/h15-16H,4-14H2,1-3H3,(H3,19,20,21). The van der Waals surface area contributed by atoms with E-state index in [-0.39, 0.29) is 5.54 Å². The summed E-state index contributed by atoms with van der Waals surface area (Å²) in [5, 5.41) is 3.38. The zero-order valence-electron chi connectivity index (χ0n) is 15.7. The van der Waals surface area contributed by atoms with Gasteiger partial charge in [0, 0.05) is 24.9 Å². The van der Waals surface area contributed by atoms with Crippen LogP contribution in [0.5, 0.6) is 0 Å². The molecule has 0 saturated carbocycles. The van der Waals surface area contributed by atoms with E-state index in [9.17, 15) is 0 Å². The van der Waals surface area contributed by atoms with Crippen LogP contribution in [0.25, 0.3) is 0 Å². The molecule has 0 aromatic heterocycles. The fourth-order valence-electron chi connectivity index (χ4n) is 3.54. The maximum Gasteiger partial charge on any atom is 0.188 e. The minimum Gasteiger partial charge on any atom is -0.379 e. The van der Waals surface area contributed by atoms with Gasteiger partial charge in [-0.05, 0) is 31.4 Å². The Kier molecular flexibility index (Phi) is 8.17. The highest BCUT2D eigenvalue weighted by Gasteiger charge is 2.40. The number of ether oxygens (including phenoxy) is 1. The Morgan fingerprint density at radius 1 is 1.29 bits per heavy atom. The minimum absolute atomic E-state index is 0.182. The number of morpholine rings is 1. The number of hydrogen-bond acceptors (Lipinski definition) is 4. The van der Waals surface area contributed by atoms with E-state index in [2.05, 4.69) is 31.0 Å². The molecule has 0 radical (unpaired) electrons. The molecule has 2 rings (SSSR count). The second-order valence-electron chi connectivity index (χ2n) is 7.70. The Hall–Kier alpha value is -0.460. The van der Waals surface area contributed by atoms with Crippen molar-refractivity contribution in [2.75, 3.05) is 44.4 Å². The summed E-state index contributed by atoms with van der Waals surface area (Å²) in [7, 11) is 0. The van der Waals surface area contributed by atoms with Crippen LogP contribution in [0.1, 0.15) is 46.5 Å². The van der Waals surface area contributed by atoms with E-state index >= 15 is 0 Å². The predicted octanol–water partition coefficient (Wildman–Crippen LogP) is 2.31. The maximum atomic E-state index is 6.16. The topological polar surface area (TPSA) is 62.9 Å². The molecule has 24 heavy (non-hydrogen) atoms. The van der Waals surface area contributed by atoms with Crippen LogP contribution in [0.3, 0.4) is 0 Å². The lowest BCUT2D eigenvalue weighted by molar-refractivity contribution is -0.0104. The van der Waals surface area contributed by atoms with Gasteiger partial charge in [-0.15, -0.1) is 0 Å². The molecule has 2 fully saturated rings. The summed E-state index contributed by atoms with van der Waals surface area (Å²) in [5.41, 5.74) is 6.34. The molecule has 2 saturated heterocycles. The second kappa shape index (κ2) is 9.88. The van der Waals surface area contributed by atoms with Crippen molar-refractivity contribution >= 4 is 17.7 Å². The van der Waals surface area contributed by atoms with Gasteiger partial charge >= 0.3 is 0 Å². The van der Waals surface area contributed by atoms with Gasteiger partial charge in [0.25, 0.3) is 0 Å². The minimum atomic E-state index is 0.182. The number of nitrogens with zero attached hydrogens (tertiary/aromatic N) is 2. The predicted molar refractivity (Wildman–Crippen MR) is 105 cm³/mol. The van der Waals surface area contributed by atoms with Gasteiger partial charge in [0.15, 0.2) is 5.96 Å².